The largest absolute Gasteiger partial charge is 0.298 e. The van der Waals surface area contributed by atoms with Crippen LogP contribution < -0.4 is 0 Å². The predicted octanol–water partition coefficient (Wildman–Crippen LogP) is 5.60. The molecule has 1 aromatic rings. The summed E-state index contributed by atoms with van der Waals surface area (Å²) in [7, 11) is 0. The van der Waals surface area contributed by atoms with E-state index in [0.29, 0.717) is 6.04 Å². The average Bonchev–Trinajstić information content (AvgIpc) is 3.02. The molecule has 0 bridgehead atoms. The number of hydrogen-bond acceptors (Lipinski definition) is 2. The molecule has 1 heterocycles. The maximum absolute atomic E-state index is 3.02. The zero-order valence-electron chi connectivity index (χ0n) is 17.4. The van der Waals surface area contributed by atoms with Crippen molar-refractivity contribution in [2.75, 3.05) is 32.7 Å². The van der Waals surface area contributed by atoms with Gasteiger partial charge in [0.15, 0.2) is 0 Å². The van der Waals surface area contributed by atoms with Gasteiger partial charge in [0, 0.05) is 26.2 Å². The van der Waals surface area contributed by atoms with Crippen LogP contribution >= 0.6 is 0 Å². The van der Waals surface area contributed by atoms with Gasteiger partial charge in [0.2, 0.25) is 0 Å². The molecule has 1 saturated heterocycles. The minimum Gasteiger partial charge on any atom is -0.298 e. The zero-order chi connectivity index (χ0) is 19.7. The molecular weight excluding hydrogens is 352 g/mol. The highest BCUT2D eigenvalue weighted by Crippen LogP contribution is 2.35. The first-order chi connectivity index (χ1) is 14.4. The first kappa shape index (κ1) is 20.0. The molecule has 1 unspecified atom stereocenters. The topological polar surface area (TPSA) is 6.48 Å². The van der Waals surface area contributed by atoms with Gasteiger partial charge in [0.25, 0.3) is 0 Å². The molecule has 1 aliphatic heterocycles. The van der Waals surface area contributed by atoms with E-state index in [1.165, 1.54) is 56.3 Å². The minimum atomic E-state index is 0.461. The van der Waals surface area contributed by atoms with Crippen molar-refractivity contribution in [1.29, 1.82) is 0 Å². The zero-order valence-corrected chi connectivity index (χ0v) is 17.4. The number of allylic oxidation sites excluding steroid dienone is 6. The third-order valence-corrected chi connectivity index (χ3v) is 6.14. The maximum Gasteiger partial charge on any atom is 0.0561 e. The molecule has 0 saturated carbocycles. The predicted molar refractivity (Wildman–Crippen MR) is 122 cm³/mol. The smallest absolute Gasteiger partial charge is 0.0561 e. The summed E-state index contributed by atoms with van der Waals surface area (Å²) in [5.41, 5.74) is 10.3. The highest BCUT2D eigenvalue weighted by atomic mass is 15.2. The van der Waals surface area contributed by atoms with Gasteiger partial charge >= 0.3 is 0 Å². The molecule has 0 amide bonds. The highest BCUT2D eigenvalue weighted by Gasteiger charge is 2.26. The standard InChI is InChI=1S/C27H32N2/c1-4-12-24(13-5-1)14-10-19-28-20-11-21-29(23-22-28)27(25-15-6-2-7-16-25)26-17-8-3-9-18-26/h2,4,6-7,10,12-17,27H,3,8-9,11,18-23H2/b14-10+. The molecule has 29 heavy (non-hydrogen) atoms. The van der Waals surface area contributed by atoms with E-state index in [2.05, 4.69) is 75.9 Å². The summed E-state index contributed by atoms with van der Waals surface area (Å²) in [6, 6.07) is 11.6. The van der Waals surface area contributed by atoms with Gasteiger partial charge in [-0.15, -0.1) is 0 Å². The Morgan fingerprint density at radius 2 is 1.90 bits per heavy atom. The van der Waals surface area contributed by atoms with Crippen molar-refractivity contribution in [2.24, 2.45) is 0 Å². The molecule has 0 spiro atoms. The molecule has 0 aromatic heterocycles. The van der Waals surface area contributed by atoms with Gasteiger partial charge in [-0.2, -0.15) is 0 Å². The molecule has 2 nitrogen and oxygen atoms in total. The Hall–Kier alpha value is -2.34. The second-order valence-corrected chi connectivity index (χ2v) is 8.20. The third-order valence-electron chi connectivity index (χ3n) is 6.14. The summed E-state index contributed by atoms with van der Waals surface area (Å²) in [6.45, 7) is 5.65. The third kappa shape index (κ3) is 5.60. The van der Waals surface area contributed by atoms with Crippen molar-refractivity contribution in [3.63, 3.8) is 0 Å². The van der Waals surface area contributed by atoms with Gasteiger partial charge in [0.05, 0.1) is 6.04 Å². The number of rotatable bonds is 6. The first-order valence-corrected chi connectivity index (χ1v) is 11.1. The van der Waals surface area contributed by atoms with Crippen LogP contribution in [-0.2, 0) is 0 Å². The first-order valence-electron chi connectivity index (χ1n) is 11.1. The van der Waals surface area contributed by atoms with Crippen LogP contribution in [0.3, 0.4) is 0 Å². The summed E-state index contributed by atoms with van der Waals surface area (Å²) in [6.07, 6.45) is 19.4. The van der Waals surface area contributed by atoms with Gasteiger partial charge in [-0.1, -0.05) is 65.6 Å². The molecule has 1 fully saturated rings. The van der Waals surface area contributed by atoms with Gasteiger partial charge in [-0.3, -0.25) is 9.80 Å². The van der Waals surface area contributed by atoms with E-state index in [1.54, 1.807) is 5.57 Å². The Bertz CT molecular complexity index is 861. The molecular formula is C27H32N2. The SMILES string of the molecule is C1=C=CC(/C=C/CN2CCCN(C(C3=CCCCC3)c3ccccc3)CC2)=CC=1. The summed E-state index contributed by atoms with van der Waals surface area (Å²) in [4.78, 5) is 5.32. The van der Waals surface area contributed by atoms with Crippen LogP contribution in [0.4, 0.5) is 0 Å². The molecule has 1 aromatic carbocycles. The van der Waals surface area contributed by atoms with Gasteiger partial charge < -0.3 is 0 Å². The fraction of sp³-hybridized carbons (Fsp3) is 0.407. The number of benzene rings is 1. The summed E-state index contributed by atoms with van der Waals surface area (Å²) >= 11 is 0. The lowest BCUT2D eigenvalue weighted by Crippen LogP contribution is -2.34. The normalized spacial score (nSPS) is 21.8. The van der Waals surface area contributed by atoms with Crippen LogP contribution in [0, 0.1) is 0 Å². The molecule has 2 aliphatic carbocycles. The van der Waals surface area contributed by atoms with Crippen LogP contribution in [0.1, 0.15) is 43.7 Å². The average molecular weight is 385 g/mol. The molecule has 0 N–H and O–H groups in total. The quantitative estimate of drug-likeness (QED) is 0.465. The molecule has 2 heteroatoms. The van der Waals surface area contributed by atoms with Gasteiger partial charge in [-0.05, 0) is 68.0 Å². The molecule has 0 radical (unpaired) electrons. The van der Waals surface area contributed by atoms with Crippen LogP contribution in [-0.4, -0.2) is 42.5 Å². The second-order valence-electron chi connectivity index (χ2n) is 8.20. The lowest BCUT2D eigenvalue weighted by atomic mass is 9.88. The molecule has 150 valence electrons. The molecule has 1 atom stereocenters. The minimum absolute atomic E-state index is 0.461. The number of nitrogens with zero attached hydrogens (tertiary/aromatic N) is 2. The number of hydrogen-bond donors (Lipinski definition) is 0. The summed E-state index contributed by atoms with van der Waals surface area (Å²) in [5.74, 6) is 0. The van der Waals surface area contributed by atoms with Crippen molar-refractivity contribution in [2.45, 2.75) is 38.1 Å². The van der Waals surface area contributed by atoms with Crippen molar-refractivity contribution < 1.29 is 0 Å². The van der Waals surface area contributed by atoms with E-state index in [0.717, 1.165) is 19.6 Å². The summed E-state index contributed by atoms with van der Waals surface area (Å²) < 4.78 is 0. The Kier molecular flexibility index (Phi) is 7.18. The monoisotopic (exact) mass is 384 g/mol. The fourth-order valence-electron chi connectivity index (χ4n) is 4.64. The van der Waals surface area contributed by atoms with Crippen molar-refractivity contribution in [3.8, 4) is 0 Å². The van der Waals surface area contributed by atoms with E-state index in [-0.39, 0.29) is 0 Å². The lowest BCUT2D eigenvalue weighted by Gasteiger charge is -2.34. The van der Waals surface area contributed by atoms with Crippen molar-refractivity contribution >= 4 is 0 Å². The highest BCUT2D eigenvalue weighted by molar-refractivity contribution is 5.36. The van der Waals surface area contributed by atoms with Gasteiger partial charge in [-0.25, -0.2) is 0 Å². The van der Waals surface area contributed by atoms with E-state index >= 15 is 0 Å². The Balaban J connectivity index is 1.40. The maximum atomic E-state index is 3.02. The van der Waals surface area contributed by atoms with Crippen LogP contribution in [0.15, 0.2) is 89.4 Å². The van der Waals surface area contributed by atoms with E-state index in [9.17, 15) is 0 Å². The van der Waals surface area contributed by atoms with E-state index in [1.807, 2.05) is 12.2 Å². The Morgan fingerprint density at radius 1 is 0.966 bits per heavy atom. The second kappa shape index (κ2) is 10.4. The molecule has 3 aliphatic rings. The van der Waals surface area contributed by atoms with Crippen LogP contribution in [0.2, 0.25) is 0 Å². The fourth-order valence-corrected chi connectivity index (χ4v) is 4.64. The Labute approximate surface area is 175 Å². The van der Waals surface area contributed by atoms with Crippen molar-refractivity contribution in [1.82, 2.24) is 9.80 Å². The molecule has 4 rings (SSSR count). The lowest BCUT2D eigenvalue weighted by molar-refractivity contribution is 0.220. The van der Waals surface area contributed by atoms with Crippen LogP contribution in [0.5, 0.6) is 0 Å². The van der Waals surface area contributed by atoms with Crippen molar-refractivity contribution in [3.05, 3.63) is 95.0 Å². The Morgan fingerprint density at radius 3 is 2.69 bits per heavy atom. The summed E-state index contributed by atoms with van der Waals surface area (Å²) in [5, 5.41) is 0. The van der Waals surface area contributed by atoms with Gasteiger partial charge in [0.1, 0.15) is 0 Å². The van der Waals surface area contributed by atoms with Crippen LogP contribution in [0.25, 0.3) is 0 Å². The van der Waals surface area contributed by atoms with E-state index < -0.39 is 0 Å². The van der Waals surface area contributed by atoms with E-state index in [4.69, 9.17) is 0 Å².